The van der Waals surface area contributed by atoms with Crippen molar-refractivity contribution in [3.63, 3.8) is 0 Å². The summed E-state index contributed by atoms with van der Waals surface area (Å²) in [6.07, 6.45) is 0. The second kappa shape index (κ2) is 10.4. The smallest absolute Gasteiger partial charge is 0.191 e. The van der Waals surface area contributed by atoms with Crippen molar-refractivity contribution >= 4 is 41.3 Å². The van der Waals surface area contributed by atoms with Gasteiger partial charge in [-0.1, -0.05) is 12.1 Å². The van der Waals surface area contributed by atoms with Gasteiger partial charge in [-0.3, -0.25) is 4.99 Å². The van der Waals surface area contributed by atoms with Crippen LogP contribution in [0.5, 0.6) is 11.5 Å². The number of rotatable bonds is 6. The average molecular weight is 461 g/mol. The largest absolute Gasteiger partial charge is 0.493 e. The van der Waals surface area contributed by atoms with Gasteiger partial charge < -0.3 is 20.1 Å². The Hall–Kier alpha value is -1.48. The van der Waals surface area contributed by atoms with Crippen LogP contribution in [0.1, 0.15) is 15.3 Å². The standard InChI is InChI=1S/C17H23N3O2S.HI/c1-12-8-9-14(23-12)11-20-17(18-2)19-10-13-6-5-7-15(21-3)16(13)22-4;/h5-9H,10-11H2,1-4H3,(H2,18,19,20);1H. The quantitative estimate of drug-likeness (QED) is 0.393. The maximum Gasteiger partial charge on any atom is 0.191 e. The third kappa shape index (κ3) is 5.55. The molecule has 0 spiro atoms. The van der Waals surface area contributed by atoms with Crippen LogP contribution >= 0.6 is 35.3 Å². The first-order chi connectivity index (χ1) is 11.2. The van der Waals surface area contributed by atoms with Crippen molar-refractivity contribution in [2.45, 2.75) is 20.0 Å². The summed E-state index contributed by atoms with van der Waals surface area (Å²) >= 11 is 1.78. The van der Waals surface area contributed by atoms with E-state index in [0.717, 1.165) is 29.6 Å². The summed E-state index contributed by atoms with van der Waals surface area (Å²) in [5.41, 5.74) is 1.02. The molecule has 2 rings (SSSR count). The predicted molar refractivity (Wildman–Crippen MR) is 111 cm³/mol. The molecular formula is C17H24IN3O2S. The molecule has 0 aliphatic heterocycles. The summed E-state index contributed by atoms with van der Waals surface area (Å²) in [6.45, 7) is 3.47. The number of para-hydroxylation sites is 1. The maximum atomic E-state index is 5.44. The van der Waals surface area contributed by atoms with E-state index in [1.165, 1.54) is 9.75 Å². The lowest BCUT2D eigenvalue weighted by atomic mass is 10.2. The lowest BCUT2D eigenvalue weighted by Crippen LogP contribution is -2.36. The van der Waals surface area contributed by atoms with Crippen molar-refractivity contribution in [3.05, 3.63) is 45.6 Å². The third-order valence-electron chi connectivity index (χ3n) is 3.38. The van der Waals surface area contributed by atoms with E-state index in [0.29, 0.717) is 6.54 Å². The number of benzene rings is 1. The molecule has 2 N–H and O–H groups in total. The van der Waals surface area contributed by atoms with Gasteiger partial charge in [0.15, 0.2) is 17.5 Å². The van der Waals surface area contributed by atoms with Crippen molar-refractivity contribution in [2.24, 2.45) is 4.99 Å². The number of ether oxygens (including phenoxy) is 2. The Balaban J connectivity index is 0.00000288. The van der Waals surface area contributed by atoms with E-state index in [1.807, 2.05) is 18.2 Å². The fraction of sp³-hybridized carbons (Fsp3) is 0.353. The molecule has 0 fully saturated rings. The molecule has 0 saturated carbocycles. The highest BCUT2D eigenvalue weighted by Gasteiger charge is 2.09. The van der Waals surface area contributed by atoms with E-state index in [4.69, 9.17) is 9.47 Å². The Labute approximate surface area is 164 Å². The molecule has 1 aromatic carbocycles. The number of aliphatic imine (C=N–C) groups is 1. The number of thiophene rings is 1. The lowest BCUT2D eigenvalue weighted by Gasteiger charge is -2.15. The van der Waals surface area contributed by atoms with Gasteiger partial charge >= 0.3 is 0 Å². The van der Waals surface area contributed by atoms with Crippen LogP contribution < -0.4 is 20.1 Å². The highest BCUT2D eigenvalue weighted by atomic mass is 127. The summed E-state index contributed by atoms with van der Waals surface area (Å²) in [5, 5.41) is 6.61. The molecule has 0 aliphatic carbocycles. The zero-order valence-electron chi connectivity index (χ0n) is 14.4. The fourth-order valence-electron chi connectivity index (χ4n) is 2.24. The van der Waals surface area contributed by atoms with E-state index in [1.54, 1.807) is 32.6 Å². The van der Waals surface area contributed by atoms with Gasteiger partial charge in [0.1, 0.15) is 0 Å². The van der Waals surface area contributed by atoms with Crippen LogP contribution in [0.4, 0.5) is 0 Å². The van der Waals surface area contributed by atoms with Gasteiger partial charge in [0.05, 0.1) is 20.8 Å². The van der Waals surface area contributed by atoms with Crippen molar-refractivity contribution in [1.82, 2.24) is 10.6 Å². The van der Waals surface area contributed by atoms with Crippen molar-refractivity contribution in [2.75, 3.05) is 21.3 Å². The molecule has 7 heteroatoms. The topological polar surface area (TPSA) is 54.9 Å². The maximum absolute atomic E-state index is 5.44. The molecule has 0 bridgehead atoms. The van der Waals surface area contributed by atoms with Crippen LogP contribution in [-0.4, -0.2) is 27.2 Å². The van der Waals surface area contributed by atoms with Crippen LogP contribution in [0.25, 0.3) is 0 Å². The Morgan fingerprint density at radius 1 is 1.08 bits per heavy atom. The molecule has 0 aliphatic rings. The molecule has 5 nitrogen and oxygen atoms in total. The molecule has 24 heavy (non-hydrogen) atoms. The minimum atomic E-state index is 0. The number of guanidine groups is 1. The minimum absolute atomic E-state index is 0. The highest BCUT2D eigenvalue weighted by Crippen LogP contribution is 2.30. The van der Waals surface area contributed by atoms with Gasteiger partial charge in [0.25, 0.3) is 0 Å². The summed E-state index contributed by atoms with van der Waals surface area (Å²) in [7, 11) is 5.05. The molecule has 1 heterocycles. The predicted octanol–water partition coefficient (Wildman–Crippen LogP) is 3.56. The Bertz CT molecular complexity index is 674. The van der Waals surface area contributed by atoms with Crippen LogP contribution in [0, 0.1) is 6.92 Å². The molecule has 2 aromatic rings. The minimum Gasteiger partial charge on any atom is -0.493 e. The average Bonchev–Trinajstić information content (AvgIpc) is 2.99. The number of halogens is 1. The van der Waals surface area contributed by atoms with Gasteiger partial charge in [0.2, 0.25) is 0 Å². The van der Waals surface area contributed by atoms with Crippen molar-refractivity contribution < 1.29 is 9.47 Å². The zero-order chi connectivity index (χ0) is 16.7. The molecule has 0 atom stereocenters. The van der Waals surface area contributed by atoms with E-state index in [9.17, 15) is 0 Å². The van der Waals surface area contributed by atoms with Crippen LogP contribution in [0.2, 0.25) is 0 Å². The Morgan fingerprint density at radius 3 is 2.42 bits per heavy atom. The zero-order valence-corrected chi connectivity index (χ0v) is 17.5. The second-order valence-electron chi connectivity index (χ2n) is 4.94. The highest BCUT2D eigenvalue weighted by molar-refractivity contribution is 14.0. The first kappa shape index (κ1) is 20.6. The van der Waals surface area contributed by atoms with Crippen LogP contribution in [-0.2, 0) is 13.1 Å². The molecule has 0 amide bonds. The number of aryl methyl sites for hydroxylation is 1. The van der Waals surface area contributed by atoms with Gasteiger partial charge in [-0.05, 0) is 25.1 Å². The number of methoxy groups -OCH3 is 2. The Kier molecular flexibility index (Phi) is 8.91. The first-order valence-corrected chi connectivity index (χ1v) is 8.19. The normalized spacial score (nSPS) is 10.8. The van der Waals surface area contributed by atoms with Crippen molar-refractivity contribution in [1.29, 1.82) is 0 Å². The van der Waals surface area contributed by atoms with E-state index < -0.39 is 0 Å². The molecule has 0 unspecified atom stereocenters. The summed E-state index contributed by atoms with van der Waals surface area (Å²) in [4.78, 5) is 6.84. The van der Waals surface area contributed by atoms with Gasteiger partial charge in [-0.25, -0.2) is 0 Å². The Morgan fingerprint density at radius 2 is 1.83 bits per heavy atom. The third-order valence-corrected chi connectivity index (χ3v) is 4.38. The second-order valence-corrected chi connectivity index (χ2v) is 6.32. The van der Waals surface area contributed by atoms with E-state index in [-0.39, 0.29) is 24.0 Å². The molecule has 1 aromatic heterocycles. The first-order valence-electron chi connectivity index (χ1n) is 7.37. The molecule has 0 radical (unpaired) electrons. The summed E-state index contributed by atoms with van der Waals surface area (Å²) in [6, 6.07) is 10.1. The monoisotopic (exact) mass is 461 g/mol. The number of nitrogens with one attached hydrogen (secondary N) is 2. The molecule has 132 valence electrons. The lowest BCUT2D eigenvalue weighted by molar-refractivity contribution is 0.351. The van der Waals surface area contributed by atoms with E-state index >= 15 is 0 Å². The number of nitrogens with zero attached hydrogens (tertiary/aromatic N) is 1. The summed E-state index contributed by atoms with van der Waals surface area (Å²) < 4.78 is 10.8. The van der Waals surface area contributed by atoms with Crippen LogP contribution in [0.15, 0.2) is 35.3 Å². The van der Waals surface area contributed by atoms with E-state index in [2.05, 4.69) is 34.7 Å². The number of hydrogen-bond acceptors (Lipinski definition) is 4. The number of hydrogen-bond donors (Lipinski definition) is 2. The van der Waals surface area contributed by atoms with Gasteiger partial charge in [-0.15, -0.1) is 35.3 Å². The summed E-state index contributed by atoms with van der Waals surface area (Å²) in [5.74, 6) is 2.22. The molecule has 0 saturated heterocycles. The van der Waals surface area contributed by atoms with Crippen molar-refractivity contribution in [3.8, 4) is 11.5 Å². The molecular weight excluding hydrogens is 437 g/mol. The van der Waals surface area contributed by atoms with Gasteiger partial charge in [0, 0.05) is 28.9 Å². The fourth-order valence-corrected chi connectivity index (χ4v) is 3.07. The van der Waals surface area contributed by atoms with Crippen LogP contribution in [0.3, 0.4) is 0 Å². The SMILES string of the molecule is CN=C(NCc1ccc(C)s1)NCc1cccc(OC)c1OC.I. The van der Waals surface area contributed by atoms with Gasteiger partial charge in [-0.2, -0.15) is 0 Å².